The number of benzene rings is 1. The van der Waals surface area contributed by atoms with E-state index in [0.717, 1.165) is 16.2 Å². The molecule has 1 aliphatic heterocycles. The van der Waals surface area contributed by atoms with Gasteiger partial charge in [-0.1, -0.05) is 23.4 Å². The van der Waals surface area contributed by atoms with Crippen molar-refractivity contribution in [1.82, 2.24) is 5.32 Å². The summed E-state index contributed by atoms with van der Waals surface area (Å²) in [6.07, 6.45) is 0. The molecule has 0 fully saturated rings. The van der Waals surface area contributed by atoms with E-state index < -0.39 is 0 Å². The van der Waals surface area contributed by atoms with Crippen LogP contribution in [0.5, 0.6) is 0 Å². The number of nitrogens with two attached hydrogens (primary N) is 1. The smallest absolute Gasteiger partial charge is 0.228 e. The lowest BCUT2D eigenvalue weighted by molar-refractivity contribution is -0.121. The van der Waals surface area contributed by atoms with E-state index in [0.29, 0.717) is 0 Å². The second-order valence-electron chi connectivity index (χ2n) is 3.71. The summed E-state index contributed by atoms with van der Waals surface area (Å²) in [7, 11) is 0. The number of nitrogens with zero attached hydrogens (tertiary/aromatic N) is 1. The van der Waals surface area contributed by atoms with Gasteiger partial charge in [-0.2, -0.15) is 0 Å². The Morgan fingerprint density at radius 1 is 1.59 bits per heavy atom. The molecule has 0 bridgehead atoms. The molecule has 90 valence electrons. The van der Waals surface area contributed by atoms with Gasteiger partial charge >= 0.3 is 0 Å². The quantitative estimate of drug-likeness (QED) is 0.320. The van der Waals surface area contributed by atoms with Crippen LogP contribution >= 0.6 is 11.8 Å². The van der Waals surface area contributed by atoms with Crippen molar-refractivity contribution in [3.05, 3.63) is 29.8 Å². The molecule has 1 aromatic rings. The van der Waals surface area contributed by atoms with Crippen LogP contribution in [-0.4, -0.2) is 29.2 Å². The van der Waals surface area contributed by atoms with Gasteiger partial charge in [-0.3, -0.25) is 4.79 Å². The summed E-state index contributed by atoms with van der Waals surface area (Å²) in [6, 6.07) is 7.86. The molecule has 0 aliphatic carbocycles. The lowest BCUT2D eigenvalue weighted by Gasteiger charge is -2.10. The number of amidine groups is 1. The number of amides is 1. The van der Waals surface area contributed by atoms with E-state index in [2.05, 4.69) is 10.5 Å². The lowest BCUT2D eigenvalue weighted by atomic mass is 10.0. The molecule has 0 spiro atoms. The van der Waals surface area contributed by atoms with Gasteiger partial charge in [0.2, 0.25) is 5.91 Å². The van der Waals surface area contributed by atoms with E-state index in [1.54, 1.807) is 11.8 Å². The van der Waals surface area contributed by atoms with E-state index in [1.807, 2.05) is 24.3 Å². The van der Waals surface area contributed by atoms with E-state index >= 15 is 0 Å². The number of carbonyl (C=O) groups excluding carboxylic acids is 1. The summed E-state index contributed by atoms with van der Waals surface area (Å²) >= 11 is 1.67. The van der Waals surface area contributed by atoms with Crippen LogP contribution in [0.3, 0.4) is 0 Å². The van der Waals surface area contributed by atoms with Crippen LogP contribution in [0.15, 0.2) is 34.3 Å². The number of oxime groups is 1. The predicted molar refractivity (Wildman–Crippen MR) is 66.3 cm³/mol. The molecule has 0 saturated heterocycles. The Kier molecular flexibility index (Phi) is 3.53. The molecule has 6 heteroatoms. The average molecular weight is 251 g/mol. The number of hydrogen-bond donors (Lipinski definition) is 3. The molecule has 1 atom stereocenters. The number of fused-ring (bicyclic) bond motifs is 1. The van der Waals surface area contributed by atoms with Gasteiger partial charge in [0.1, 0.15) is 0 Å². The molecular weight excluding hydrogens is 238 g/mol. The first-order chi connectivity index (χ1) is 8.22. The van der Waals surface area contributed by atoms with Crippen molar-refractivity contribution in [3.8, 4) is 0 Å². The van der Waals surface area contributed by atoms with Crippen LogP contribution in [0.2, 0.25) is 0 Å². The first-order valence-corrected chi connectivity index (χ1v) is 6.16. The Hall–Kier alpha value is -1.69. The van der Waals surface area contributed by atoms with Gasteiger partial charge in [-0.15, -0.1) is 11.8 Å². The van der Waals surface area contributed by atoms with Crippen LogP contribution in [0, 0.1) is 0 Å². The molecule has 2 rings (SSSR count). The number of hydrogen-bond acceptors (Lipinski definition) is 4. The zero-order valence-electron chi connectivity index (χ0n) is 9.09. The maximum Gasteiger partial charge on any atom is 0.228 e. The fourth-order valence-corrected chi connectivity index (χ4v) is 2.94. The number of carbonyl (C=O) groups is 1. The highest BCUT2D eigenvalue weighted by Crippen LogP contribution is 2.39. The SMILES string of the molecule is NC(CNC(=O)C1CSc2ccccc21)=NO. The highest BCUT2D eigenvalue weighted by Gasteiger charge is 2.28. The van der Waals surface area contributed by atoms with Gasteiger partial charge in [0.05, 0.1) is 12.5 Å². The van der Waals surface area contributed by atoms with Gasteiger partial charge in [0.25, 0.3) is 0 Å². The molecule has 0 aromatic heterocycles. The molecular formula is C11H13N3O2S. The molecule has 0 radical (unpaired) electrons. The Bertz CT molecular complexity index is 462. The summed E-state index contributed by atoms with van der Waals surface area (Å²) < 4.78 is 0. The second kappa shape index (κ2) is 5.09. The maximum absolute atomic E-state index is 11.9. The van der Waals surface area contributed by atoms with Gasteiger partial charge in [-0.25, -0.2) is 0 Å². The number of rotatable bonds is 3. The normalized spacial score (nSPS) is 18.8. The molecule has 1 unspecified atom stereocenters. The summed E-state index contributed by atoms with van der Waals surface area (Å²) in [5, 5.41) is 13.8. The summed E-state index contributed by atoms with van der Waals surface area (Å²) in [4.78, 5) is 13.1. The Labute approximate surface area is 103 Å². The van der Waals surface area contributed by atoms with Gasteiger partial charge in [-0.05, 0) is 11.6 Å². The molecule has 1 aromatic carbocycles. The Morgan fingerprint density at radius 3 is 3.12 bits per heavy atom. The zero-order chi connectivity index (χ0) is 12.3. The standard InChI is InChI=1S/C11H13N3O2S/c12-10(14-16)5-13-11(15)8-6-17-9-4-2-1-3-7(8)9/h1-4,8,16H,5-6H2,(H2,12,14)(H,13,15). The van der Waals surface area contributed by atoms with Gasteiger partial charge in [0, 0.05) is 10.6 Å². The third-order valence-corrected chi connectivity index (χ3v) is 3.77. The van der Waals surface area contributed by atoms with Crippen molar-refractivity contribution in [2.24, 2.45) is 10.9 Å². The molecule has 4 N–H and O–H groups in total. The second-order valence-corrected chi connectivity index (χ2v) is 4.77. The first-order valence-electron chi connectivity index (χ1n) is 5.18. The van der Waals surface area contributed by atoms with Crippen LogP contribution < -0.4 is 11.1 Å². The van der Waals surface area contributed by atoms with Crippen molar-refractivity contribution < 1.29 is 10.0 Å². The molecule has 1 amide bonds. The summed E-state index contributed by atoms with van der Waals surface area (Å²) in [6.45, 7) is 0.0681. The van der Waals surface area contributed by atoms with Crippen molar-refractivity contribution >= 4 is 23.5 Å². The minimum Gasteiger partial charge on any atom is -0.409 e. The molecule has 17 heavy (non-hydrogen) atoms. The van der Waals surface area contributed by atoms with Crippen molar-refractivity contribution in [3.63, 3.8) is 0 Å². The third-order valence-electron chi connectivity index (χ3n) is 2.59. The van der Waals surface area contributed by atoms with E-state index in [9.17, 15) is 4.79 Å². The number of nitrogens with one attached hydrogen (secondary N) is 1. The van der Waals surface area contributed by atoms with Crippen LogP contribution in [-0.2, 0) is 4.79 Å². The first kappa shape index (κ1) is 11.8. The average Bonchev–Trinajstić information content (AvgIpc) is 2.79. The van der Waals surface area contributed by atoms with Crippen LogP contribution in [0.4, 0.5) is 0 Å². The third kappa shape index (κ3) is 2.52. The van der Waals surface area contributed by atoms with E-state index in [1.165, 1.54) is 0 Å². The summed E-state index contributed by atoms with van der Waals surface area (Å²) in [5.74, 6) is 0.496. The highest BCUT2D eigenvalue weighted by atomic mass is 32.2. The molecule has 0 saturated carbocycles. The minimum absolute atomic E-state index is 0.00251. The maximum atomic E-state index is 11.9. The molecule has 1 aliphatic rings. The van der Waals surface area contributed by atoms with Gasteiger partial charge in [0.15, 0.2) is 5.84 Å². The van der Waals surface area contributed by atoms with E-state index in [-0.39, 0.29) is 24.2 Å². The fourth-order valence-electron chi connectivity index (χ4n) is 1.72. The minimum atomic E-state index is -0.150. The summed E-state index contributed by atoms with van der Waals surface area (Å²) in [5.41, 5.74) is 6.35. The van der Waals surface area contributed by atoms with Crippen molar-refractivity contribution in [1.29, 1.82) is 0 Å². The molecule has 5 nitrogen and oxygen atoms in total. The van der Waals surface area contributed by atoms with Crippen molar-refractivity contribution in [2.75, 3.05) is 12.3 Å². The Morgan fingerprint density at radius 2 is 2.35 bits per heavy atom. The fraction of sp³-hybridized carbons (Fsp3) is 0.273. The monoisotopic (exact) mass is 251 g/mol. The molecule has 1 heterocycles. The largest absolute Gasteiger partial charge is 0.409 e. The van der Waals surface area contributed by atoms with E-state index in [4.69, 9.17) is 10.9 Å². The van der Waals surface area contributed by atoms with Gasteiger partial charge < -0.3 is 16.3 Å². The highest BCUT2D eigenvalue weighted by molar-refractivity contribution is 7.99. The Balaban J connectivity index is 2.03. The predicted octanol–water partition coefficient (Wildman–Crippen LogP) is 0.738. The number of thioether (sulfide) groups is 1. The van der Waals surface area contributed by atoms with Crippen LogP contribution in [0.25, 0.3) is 0 Å². The lowest BCUT2D eigenvalue weighted by Crippen LogP contribution is -2.36. The van der Waals surface area contributed by atoms with Crippen molar-refractivity contribution in [2.45, 2.75) is 10.8 Å². The van der Waals surface area contributed by atoms with Crippen LogP contribution in [0.1, 0.15) is 11.5 Å². The topological polar surface area (TPSA) is 87.7 Å². The zero-order valence-corrected chi connectivity index (χ0v) is 9.91.